The molecular formula is C28H16N4O6S. The Morgan fingerprint density at radius 2 is 1.23 bits per heavy atom. The minimum Gasteiger partial charge on any atom is -0.486 e. The van der Waals surface area contributed by atoms with Crippen LogP contribution in [0.1, 0.15) is 16.0 Å². The van der Waals surface area contributed by atoms with Crippen molar-refractivity contribution in [1.82, 2.24) is 0 Å². The number of benzene rings is 2. The molecule has 3 rings (SSSR count). The normalized spacial score (nSPS) is 11.6. The summed E-state index contributed by atoms with van der Waals surface area (Å²) in [5.41, 5.74) is 0.937. The molecule has 0 atom stereocenters. The molecule has 11 heteroatoms. The van der Waals surface area contributed by atoms with Crippen molar-refractivity contribution in [3.63, 3.8) is 0 Å². The van der Waals surface area contributed by atoms with Crippen LogP contribution in [0.15, 0.2) is 77.5 Å². The Hall–Kier alpha value is -5.96. The summed E-state index contributed by atoms with van der Waals surface area (Å²) in [5.74, 6) is -4.04. The number of thiophene rings is 1. The fraction of sp³-hybridized carbons (Fsp3) is 0. The van der Waals surface area contributed by atoms with E-state index in [2.05, 4.69) is 4.85 Å². The molecule has 0 aliphatic rings. The summed E-state index contributed by atoms with van der Waals surface area (Å²) in [5, 5.41) is 46.1. The fourth-order valence-corrected chi connectivity index (χ4v) is 4.27. The monoisotopic (exact) mass is 536 g/mol. The molecule has 3 N–H and O–H groups in total. The average Bonchev–Trinajstić information content (AvgIpc) is 3.38. The van der Waals surface area contributed by atoms with Crippen molar-refractivity contribution in [2.45, 2.75) is 0 Å². The van der Waals surface area contributed by atoms with Gasteiger partial charge in [0.15, 0.2) is 0 Å². The smallest absolute Gasteiger partial charge is 0.346 e. The van der Waals surface area contributed by atoms with Gasteiger partial charge in [-0.3, -0.25) is 4.79 Å². The number of carboxylic acids is 3. The van der Waals surface area contributed by atoms with E-state index in [1.54, 1.807) is 72.8 Å². The van der Waals surface area contributed by atoms with Gasteiger partial charge in [-0.15, -0.1) is 11.3 Å². The lowest BCUT2D eigenvalue weighted by atomic mass is 10.1. The number of hydrogen-bond acceptors (Lipinski definition) is 7. The van der Waals surface area contributed by atoms with E-state index < -0.39 is 34.8 Å². The molecule has 1 heterocycles. The Morgan fingerprint density at radius 1 is 0.744 bits per heavy atom. The number of nitrogens with zero attached hydrogens (tertiary/aromatic N) is 4. The van der Waals surface area contributed by atoms with Crippen LogP contribution in [0.25, 0.3) is 23.1 Å². The summed E-state index contributed by atoms with van der Waals surface area (Å²) in [6.07, 6.45) is 3.73. The summed E-state index contributed by atoms with van der Waals surface area (Å²) in [6.45, 7) is 7.01. The number of hydrogen-bond donors (Lipinski definition) is 3. The van der Waals surface area contributed by atoms with Crippen LogP contribution in [-0.2, 0) is 14.4 Å². The number of nitriles is 2. The zero-order valence-corrected chi connectivity index (χ0v) is 20.6. The zero-order chi connectivity index (χ0) is 28.5. The summed E-state index contributed by atoms with van der Waals surface area (Å²) >= 11 is 1.21. The molecule has 0 saturated carbocycles. The van der Waals surface area contributed by atoms with E-state index in [9.17, 15) is 14.4 Å². The quantitative estimate of drug-likeness (QED) is 0.180. The van der Waals surface area contributed by atoms with E-state index >= 15 is 0 Å². The van der Waals surface area contributed by atoms with Crippen LogP contribution in [0, 0.1) is 29.2 Å². The van der Waals surface area contributed by atoms with Crippen molar-refractivity contribution in [3.8, 4) is 12.1 Å². The molecule has 1 aromatic heterocycles. The van der Waals surface area contributed by atoms with Crippen molar-refractivity contribution in [2.75, 3.05) is 4.90 Å². The van der Waals surface area contributed by atoms with Gasteiger partial charge < -0.3 is 20.2 Å². The molecule has 0 fully saturated rings. The highest BCUT2D eigenvalue weighted by Crippen LogP contribution is 2.39. The van der Waals surface area contributed by atoms with E-state index in [0.29, 0.717) is 32.4 Å². The first-order chi connectivity index (χ1) is 18.7. The number of aliphatic carboxylic acids is 3. The molecule has 2 aromatic carbocycles. The molecule has 0 spiro atoms. The summed E-state index contributed by atoms with van der Waals surface area (Å²) in [6, 6.07) is 20.0. The van der Waals surface area contributed by atoms with E-state index in [1.165, 1.54) is 29.6 Å². The molecule has 3 aromatic rings. The topological polar surface area (TPSA) is 167 Å². The van der Waals surface area contributed by atoms with Gasteiger partial charge in [-0.25, -0.2) is 14.4 Å². The molecule has 10 nitrogen and oxygen atoms in total. The molecule has 0 aliphatic carbocycles. The maximum atomic E-state index is 11.2. The second-order valence-electron chi connectivity index (χ2n) is 7.59. The Labute approximate surface area is 226 Å². The van der Waals surface area contributed by atoms with Crippen LogP contribution in [0.2, 0.25) is 0 Å². The predicted octanol–water partition coefficient (Wildman–Crippen LogP) is 5.55. The summed E-state index contributed by atoms with van der Waals surface area (Å²) < 4.78 is 0. The number of carboxylic acid groups (broad SMARTS) is 3. The van der Waals surface area contributed by atoms with Gasteiger partial charge in [0.1, 0.15) is 28.3 Å². The van der Waals surface area contributed by atoms with Crippen LogP contribution < -0.4 is 4.90 Å². The summed E-state index contributed by atoms with van der Waals surface area (Å²) in [7, 11) is 0. The van der Waals surface area contributed by atoms with Gasteiger partial charge in [-0.1, -0.05) is 24.3 Å². The first-order valence-electron chi connectivity index (χ1n) is 10.8. The minimum atomic E-state index is -1.35. The van der Waals surface area contributed by atoms with Gasteiger partial charge in [-0.05, 0) is 65.8 Å². The summed E-state index contributed by atoms with van der Waals surface area (Å²) in [4.78, 5) is 38.9. The molecule has 190 valence electrons. The molecule has 0 aliphatic heterocycles. The molecular weight excluding hydrogens is 520 g/mol. The minimum absolute atomic E-state index is 0.426. The van der Waals surface area contributed by atoms with E-state index in [4.69, 9.17) is 32.4 Å². The van der Waals surface area contributed by atoms with Gasteiger partial charge in [0, 0.05) is 16.3 Å². The SMILES string of the molecule is [C-]#[N+]C(=Cc1ccc(N(c2ccc(C=C(C#N)C(=O)O)cc2)c2ccc(C=C(C#N)C(=O)O)s2)cc1)C(=O)O. The second-order valence-corrected chi connectivity index (χ2v) is 8.68. The van der Waals surface area contributed by atoms with Crippen molar-refractivity contribution in [2.24, 2.45) is 0 Å². The van der Waals surface area contributed by atoms with Gasteiger partial charge in [0.25, 0.3) is 5.70 Å². The Balaban J connectivity index is 2.09. The van der Waals surface area contributed by atoms with Crippen LogP contribution in [0.4, 0.5) is 16.4 Å². The zero-order valence-electron chi connectivity index (χ0n) is 19.8. The van der Waals surface area contributed by atoms with Gasteiger partial charge in [0.05, 0.1) is 6.57 Å². The number of carbonyl (C=O) groups is 3. The highest BCUT2D eigenvalue weighted by Gasteiger charge is 2.16. The maximum Gasteiger partial charge on any atom is 0.346 e. The molecule has 0 unspecified atom stereocenters. The van der Waals surface area contributed by atoms with Crippen LogP contribution in [0.5, 0.6) is 0 Å². The van der Waals surface area contributed by atoms with Gasteiger partial charge in [-0.2, -0.15) is 10.5 Å². The standard InChI is InChI=1S/C28H16N4O6S/c1-31-24(28(37)38)13-18-4-8-22(9-5-18)32(25-11-10-23(39-25)14-20(16-30)27(35)36)21-6-2-17(3-7-21)12-19(15-29)26(33)34/h2-14H,(H,33,34)(H,35,36)(H,37,38). The van der Waals surface area contributed by atoms with E-state index in [1.807, 2.05) is 4.90 Å². The van der Waals surface area contributed by atoms with Crippen molar-refractivity contribution >= 4 is 63.8 Å². The van der Waals surface area contributed by atoms with Crippen LogP contribution in [-0.4, -0.2) is 33.2 Å². The highest BCUT2D eigenvalue weighted by molar-refractivity contribution is 7.17. The van der Waals surface area contributed by atoms with Crippen molar-refractivity contribution < 1.29 is 29.7 Å². The first-order valence-corrected chi connectivity index (χ1v) is 11.6. The molecule has 0 amide bonds. The third-order valence-corrected chi connectivity index (χ3v) is 6.10. The van der Waals surface area contributed by atoms with Crippen LogP contribution >= 0.6 is 11.3 Å². The van der Waals surface area contributed by atoms with Crippen molar-refractivity contribution in [1.29, 1.82) is 10.5 Å². The lowest BCUT2D eigenvalue weighted by molar-refractivity contribution is -0.133. The molecule has 0 radical (unpaired) electrons. The van der Waals surface area contributed by atoms with Crippen LogP contribution in [0.3, 0.4) is 0 Å². The maximum absolute atomic E-state index is 11.2. The predicted molar refractivity (Wildman–Crippen MR) is 144 cm³/mol. The second kappa shape index (κ2) is 12.3. The Morgan fingerprint density at radius 3 is 1.67 bits per heavy atom. The van der Waals surface area contributed by atoms with E-state index in [0.717, 1.165) is 0 Å². The average molecular weight is 537 g/mol. The Kier molecular flexibility index (Phi) is 8.73. The third-order valence-electron chi connectivity index (χ3n) is 5.08. The largest absolute Gasteiger partial charge is 0.486 e. The first kappa shape index (κ1) is 27.6. The Bertz CT molecular complexity index is 1580. The number of anilines is 3. The van der Waals surface area contributed by atoms with E-state index in [-0.39, 0.29) is 0 Å². The molecule has 39 heavy (non-hydrogen) atoms. The molecule has 0 bridgehead atoms. The van der Waals surface area contributed by atoms with Gasteiger partial charge >= 0.3 is 17.9 Å². The number of rotatable bonds is 9. The lowest BCUT2D eigenvalue weighted by Gasteiger charge is -2.24. The fourth-order valence-electron chi connectivity index (χ4n) is 3.28. The molecule has 0 saturated heterocycles. The highest BCUT2D eigenvalue weighted by atomic mass is 32.1. The van der Waals surface area contributed by atoms with Crippen molar-refractivity contribution in [3.05, 3.63) is 105 Å². The third kappa shape index (κ3) is 6.83. The van der Waals surface area contributed by atoms with Gasteiger partial charge in [0.2, 0.25) is 0 Å². The lowest BCUT2D eigenvalue weighted by Crippen LogP contribution is -2.08.